The van der Waals surface area contributed by atoms with E-state index in [0.717, 1.165) is 11.3 Å². The summed E-state index contributed by atoms with van der Waals surface area (Å²) in [7, 11) is 0. The lowest BCUT2D eigenvalue weighted by molar-refractivity contribution is 0.843. The van der Waals surface area contributed by atoms with Gasteiger partial charge in [-0.1, -0.05) is 32.0 Å². The van der Waals surface area contributed by atoms with Gasteiger partial charge in [0.05, 0.1) is 11.9 Å². The Balaban J connectivity index is 2.37. The number of rotatable bonds is 2. The van der Waals surface area contributed by atoms with E-state index in [1.165, 1.54) is 6.33 Å². The number of hydrogen-bond donors (Lipinski definition) is 1. The second-order valence-electron chi connectivity index (χ2n) is 4.74. The Morgan fingerprint density at radius 1 is 1.26 bits per heavy atom. The Kier molecular flexibility index (Phi) is 2.67. The second-order valence-corrected chi connectivity index (χ2v) is 4.74. The van der Waals surface area contributed by atoms with Gasteiger partial charge in [0.2, 0.25) is 0 Å². The van der Waals surface area contributed by atoms with E-state index in [2.05, 4.69) is 28.8 Å². The summed E-state index contributed by atoms with van der Waals surface area (Å²) in [4.78, 5) is 23.0. The van der Waals surface area contributed by atoms with Crippen molar-refractivity contribution in [1.82, 2.24) is 19.5 Å². The van der Waals surface area contributed by atoms with Gasteiger partial charge in [-0.2, -0.15) is 0 Å². The van der Waals surface area contributed by atoms with E-state index >= 15 is 0 Å². The third kappa shape index (κ3) is 1.83. The summed E-state index contributed by atoms with van der Waals surface area (Å²) < 4.78 is 1.63. The van der Waals surface area contributed by atoms with E-state index < -0.39 is 0 Å². The monoisotopic (exact) mass is 254 g/mol. The molecular weight excluding hydrogens is 240 g/mol. The predicted molar refractivity (Wildman–Crippen MR) is 73.6 cm³/mol. The lowest BCUT2D eigenvalue weighted by Crippen LogP contribution is -2.16. The van der Waals surface area contributed by atoms with E-state index in [1.807, 2.05) is 24.3 Å². The lowest BCUT2D eigenvalue weighted by Gasteiger charge is -2.12. The molecule has 0 atom stereocenters. The van der Waals surface area contributed by atoms with Crippen LogP contribution in [-0.2, 0) is 0 Å². The fraction of sp³-hybridized carbons (Fsp3) is 0.214. The molecule has 0 spiro atoms. The third-order valence-electron chi connectivity index (χ3n) is 3.16. The number of para-hydroxylation sites is 1. The number of aromatic nitrogens is 4. The van der Waals surface area contributed by atoms with Crippen molar-refractivity contribution < 1.29 is 0 Å². The number of nitrogens with one attached hydrogen (secondary N) is 1. The highest BCUT2D eigenvalue weighted by atomic mass is 16.1. The van der Waals surface area contributed by atoms with Gasteiger partial charge in [-0.05, 0) is 17.5 Å². The van der Waals surface area contributed by atoms with Crippen LogP contribution < -0.4 is 5.69 Å². The van der Waals surface area contributed by atoms with Gasteiger partial charge in [0.1, 0.15) is 11.8 Å². The summed E-state index contributed by atoms with van der Waals surface area (Å²) in [5.74, 6) is 0.331. The lowest BCUT2D eigenvalue weighted by atomic mass is 10.0. The SMILES string of the molecule is CC(C)c1ccccc1-n1c(=O)[nH]c2ncncc21. The molecule has 0 bridgehead atoms. The molecule has 0 unspecified atom stereocenters. The normalized spacial score (nSPS) is 11.3. The van der Waals surface area contributed by atoms with Gasteiger partial charge in [-0.15, -0.1) is 0 Å². The molecule has 0 aliphatic carbocycles. The summed E-state index contributed by atoms with van der Waals surface area (Å²) in [6.07, 6.45) is 3.08. The van der Waals surface area contributed by atoms with Gasteiger partial charge in [-0.3, -0.25) is 9.55 Å². The molecular formula is C14H14N4O. The molecule has 5 nitrogen and oxygen atoms in total. The number of hydrogen-bond acceptors (Lipinski definition) is 3. The summed E-state index contributed by atoms with van der Waals surface area (Å²) in [6, 6.07) is 7.89. The Labute approximate surface area is 110 Å². The fourth-order valence-corrected chi connectivity index (χ4v) is 2.27. The minimum atomic E-state index is -0.191. The fourth-order valence-electron chi connectivity index (χ4n) is 2.27. The van der Waals surface area contributed by atoms with Crippen LogP contribution in [0.1, 0.15) is 25.3 Å². The van der Waals surface area contributed by atoms with Gasteiger partial charge >= 0.3 is 5.69 Å². The zero-order valence-corrected chi connectivity index (χ0v) is 10.8. The van der Waals surface area contributed by atoms with Crippen LogP contribution in [0.2, 0.25) is 0 Å². The maximum absolute atomic E-state index is 12.2. The first kappa shape index (κ1) is 11.6. The topological polar surface area (TPSA) is 63.6 Å². The number of imidazole rings is 1. The van der Waals surface area contributed by atoms with Crippen molar-refractivity contribution in [3.63, 3.8) is 0 Å². The molecule has 3 aromatic rings. The zero-order chi connectivity index (χ0) is 13.4. The Morgan fingerprint density at radius 3 is 2.84 bits per heavy atom. The third-order valence-corrected chi connectivity index (χ3v) is 3.16. The summed E-state index contributed by atoms with van der Waals surface area (Å²) in [5, 5.41) is 0. The van der Waals surface area contributed by atoms with E-state index in [1.54, 1.807) is 10.8 Å². The van der Waals surface area contributed by atoms with E-state index in [-0.39, 0.29) is 5.69 Å². The molecule has 0 fully saturated rings. The second kappa shape index (κ2) is 4.35. The molecule has 0 saturated heterocycles. The quantitative estimate of drug-likeness (QED) is 0.762. The van der Waals surface area contributed by atoms with Crippen LogP contribution in [0.5, 0.6) is 0 Å². The Morgan fingerprint density at radius 2 is 2.05 bits per heavy atom. The van der Waals surface area contributed by atoms with Crippen molar-refractivity contribution >= 4 is 11.2 Å². The van der Waals surface area contributed by atoms with E-state index in [9.17, 15) is 4.79 Å². The first-order valence-electron chi connectivity index (χ1n) is 6.18. The summed E-state index contributed by atoms with van der Waals surface area (Å²) >= 11 is 0. The average Bonchev–Trinajstić information content (AvgIpc) is 2.74. The molecule has 2 aromatic heterocycles. The standard InChI is InChI=1S/C14H14N4O/c1-9(2)10-5-3-4-6-11(10)18-12-7-15-8-16-13(12)17-14(18)19/h3-9H,1-2H3,(H,15,16,17,19). The van der Waals surface area contributed by atoms with E-state index in [0.29, 0.717) is 17.1 Å². The average molecular weight is 254 g/mol. The van der Waals surface area contributed by atoms with Crippen LogP contribution in [0.15, 0.2) is 41.6 Å². The van der Waals surface area contributed by atoms with Crippen molar-refractivity contribution in [2.45, 2.75) is 19.8 Å². The number of H-pyrrole nitrogens is 1. The maximum atomic E-state index is 12.2. The molecule has 0 saturated carbocycles. The van der Waals surface area contributed by atoms with Crippen LogP contribution in [-0.4, -0.2) is 19.5 Å². The maximum Gasteiger partial charge on any atom is 0.332 e. The van der Waals surface area contributed by atoms with Crippen LogP contribution in [0.4, 0.5) is 0 Å². The van der Waals surface area contributed by atoms with Crippen molar-refractivity contribution in [1.29, 1.82) is 0 Å². The van der Waals surface area contributed by atoms with Gasteiger partial charge in [0.25, 0.3) is 0 Å². The van der Waals surface area contributed by atoms with Crippen molar-refractivity contribution in [2.75, 3.05) is 0 Å². The van der Waals surface area contributed by atoms with Crippen LogP contribution in [0.25, 0.3) is 16.9 Å². The van der Waals surface area contributed by atoms with Crippen LogP contribution >= 0.6 is 0 Å². The number of aromatic amines is 1. The largest absolute Gasteiger partial charge is 0.332 e. The Hall–Kier alpha value is -2.43. The molecule has 1 aromatic carbocycles. The highest BCUT2D eigenvalue weighted by Crippen LogP contribution is 2.23. The highest BCUT2D eigenvalue weighted by Gasteiger charge is 2.14. The van der Waals surface area contributed by atoms with Gasteiger partial charge < -0.3 is 0 Å². The molecule has 3 rings (SSSR count). The number of fused-ring (bicyclic) bond motifs is 1. The molecule has 2 heterocycles. The molecule has 5 heteroatoms. The summed E-state index contributed by atoms with van der Waals surface area (Å²) in [6.45, 7) is 4.21. The highest BCUT2D eigenvalue weighted by molar-refractivity contribution is 5.72. The molecule has 96 valence electrons. The zero-order valence-electron chi connectivity index (χ0n) is 10.8. The predicted octanol–water partition coefficient (Wildman–Crippen LogP) is 2.23. The number of benzene rings is 1. The molecule has 1 N–H and O–H groups in total. The molecule has 0 aliphatic rings. The van der Waals surface area contributed by atoms with Crippen molar-refractivity contribution in [3.8, 4) is 5.69 Å². The van der Waals surface area contributed by atoms with Crippen molar-refractivity contribution in [3.05, 3.63) is 52.8 Å². The van der Waals surface area contributed by atoms with E-state index in [4.69, 9.17) is 0 Å². The molecule has 0 radical (unpaired) electrons. The minimum Gasteiger partial charge on any atom is -0.290 e. The van der Waals surface area contributed by atoms with Crippen LogP contribution in [0.3, 0.4) is 0 Å². The van der Waals surface area contributed by atoms with Crippen molar-refractivity contribution in [2.24, 2.45) is 0 Å². The van der Waals surface area contributed by atoms with Crippen LogP contribution in [0, 0.1) is 0 Å². The van der Waals surface area contributed by atoms with Gasteiger partial charge in [0.15, 0.2) is 5.65 Å². The van der Waals surface area contributed by atoms with Gasteiger partial charge in [0, 0.05) is 0 Å². The number of nitrogens with zero attached hydrogens (tertiary/aromatic N) is 3. The molecule has 0 aliphatic heterocycles. The minimum absolute atomic E-state index is 0.191. The Bertz CT molecular complexity index is 785. The first-order chi connectivity index (χ1) is 9.18. The molecule has 19 heavy (non-hydrogen) atoms. The first-order valence-corrected chi connectivity index (χ1v) is 6.18. The van der Waals surface area contributed by atoms with Gasteiger partial charge in [-0.25, -0.2) is 14.8 Å². The summed E-state index contributed by atoms with van der Waals surface area (Å²) in [5.41, 5.74) is 3.06. The molecule has 0 amide bonds. The smallest absolute Gasteiger partial charge is 0.290 e.